The van der Waals surface area contributed by atoms with E-state index < -0.39 is 0 Å². The minimum atomic E-state index is -0.182. The van der Waals surface area contributed by atoms with Gasteiger partial charge >= 0.3 is 0 Å². The van der Waals surface area contributed by atoms with Crippen LogP contribution in [0.15, 0.2) is 189 Å². The van der Waals surface area contributed by atoms with Gasteiger partial charge in [0.05, 0.1) is 45.0 Å². The summed E-state index contributed by atoms with van der Waals surface area (Å²) in [5.74, 6) is 1.24. The maximum Gasteiger partial charge on any atom is 0.255 e. The summed E-state index contributed by atoms with van der Waals surface area (Å²) in [6, 6.07) is 45.9. The SMILES string of the molecule is CC.O=C(Nc1cncc(-c2ccc3[nH]nc(-c4nc5c(-c6ccncc6)cccc5[nH]4)c3c2)c1)c1ccccc1.c1cc(-c2ccncc2)c2nc(-c3n[nH]c4ccc(-c5cncc(CN6CCCC6)c5)cc34)[nH]c2c1. The molecule has 376 valence electrons. The van der Waals surface area contributed by atoms with Gasteiger partial charge in [0.1, 0.15) is 11.4 Å². The van der Waals surface area contributed by atoms with Gasteiger partial charge in [-0.1, -0.05) is 68.4 Å². The third-order valence-electron chi connectivity index (χ3n) is 13.7. The number of imidazole rings is 2. The Morgan fingerprint density at radius 2 is 1.04 bits per heavy atom. The van der Waals surface area contributed by atoms with Crippen LogP contribution in [0.3, 0.4) is 0 Å². The van der Waals surface area contributed by atoms with Crippen molar-refractivity contribution in [2.75, 3.05) is 18.4 Å². The molecule has 14 rings (SSSR count). The molecule has 0 saturated carbocycles. The van der Waals surface area contributed by atoms with E-state index in [2.05, 4.69) is 103 Å². The Labute approximate surface area is 443 Å². The zero-order valence-corrected chi connectivity index (χ0v) is 42.4. The van der Waals surface area contributed by atoms with E-state index in [1.807, 2.05) is 111 Å². The molecule has 0 bridgehead atoms. The van der Waals surface area contributed by atoms with E-state index in [1.165, 1.54) is 31.5 Å². The number of hydrogen-bond acceptors (Lipinski definition) is 10. The zero-order valence-electron chi connectivity index (χ0n) is 42.4. The van der Waals surface area contributed by atoms with Crippen LogP contribution in [0.2, 0.25) is 0 Å². The summed E-state index contributed by atoms with van der Waals surface area (Å²) in [6.07, 6.45) is 17.1. The Bertz CT molecular complexity index is 4180. The number of amides is 1. The number of carbonyl (C=O) groups is 1. The van der Waals surface area contributed by atoms with Gasteiger partial charge in [0.15, 0.2) is 11.6 Å². The molecule has 13 aromatic rings. The van der Waals surface area contributed by atoms with Gasteiger partial charge in [-0.25, -0.2) is 9.97 Å². The summed E-state index contributed by atoms with van der Waals surface area (Å²) in [6.45, 7) is 7.31. The number of likely N-dealkylation sites (tertiary alicyclic amines) is 1. The smallest absolute Gasteiger partial charge is 0.255 e. The fraction of sp³-hybridized carbons (Fsp3) is 0.113. The molecule has 8 aromatic heterocycles. The number of pyridine rings is 4. The number of carbonyl (C=O) groups excluding carboxylic acids is 1. The second-order valence-corrected chi connectivity index (χ2v) is 18.6. The Hall–Kier alpha value is -9.99. The van der Waals surface area contributed by atoms with Gasteiger partial charge in [-0.15, -0.1) is 0 Å². The summed E-state index contributed by atoms with van der Waals surface area (Å²) in [5, 5.41) is 20.4. The third-order valence-corrected chi connectivity index (χ3v) is 13.7. The Balaban J connectivity index is 0.000000150. The Kier molecular flexibility index (Phi) is 13.4. The Morgan fingerprint density at radius 3 is 1.60 bits per heavy atom. The van der Waals surface area contributed by atoms with Crippen molar-refractivity contribution in [3.05, 3.63) is 200 Å². The van der Waals surface area contributed by atoms with E-state index in [1.54, 1.807) is 49.3 Å². The molecule has 15 nitrogen and oxygen atoms in total. The Morgan fingerprint density at radius 1 is 0.506 bits per heavy atom. The highest BCUT2D eigenvalue weighted by Gasteiger charge is 2.19. The van der Waals surface area contributed by atoms with E-state index in [9.17, 15) is 4.79 Å². The zero-order chi connectivity index (χ0) is 52.1. The highest BCUT2D eigenvalue weighted by atomic mass is 16.1. The molecule has 15 heteroatoms. The van der Waals surface area contributed by atoms with E-state index in [0.29, 0.717) is 17.1 Å². The lowest BCUT2D eigenvalue weighted by Crippen LogP contribution is -2.18. The summed E-state index contributed by atoms with van der Waals surface area (Å²) >= 11 is 0. The number of benzene rings is 5. The van der Waals surface area contributed by atoms with E-state index in [4.69, 9.17) is 9.97 Å². The number of hydrogen-bond donors (Lipinski definition) is 5. The molecule has 77 heavy (non-hydrogen) atoms. The van der Waals surface area contributed by atoms with Crippen molar-refractivity contribution in [2.45, 2.75) is 33.2 Å². The maximum absolute atomic E-state index is 12.6. The van der Waals surface area contributed by atoms with Crippen molar-refractivity contribution >= 4 is 55.5 Å². The fourth-order valence-corrected chi connectivity index (χ4v) is 9.96. The van der Waals surface area contributed by atoms with Gasteiger partial charge in [0, 0.05) is 88.5 Å². The minimum absolute atomic E-state index is 0.182. The number of para-hydroxylation sites is 2. The normalized spacial score (nSPS) is 12.4. The van der Waals surface area contributed by atoms with Crippen LogP contribution in [0.25, 0.3) is 111 Å². The summed E-state index contributed by atoms with van der Waals surface area (Å²) in [7, 11) is 0. The lowest BCUT2D eigenvalue weighted by atomic mass is 10.0. The number of aromatic amines is 4. The van der Waals surface area contributed by atoms with Gasteiger partial charge in [-0.2, -0.15) is 10.2 Å². The molecule has 0 spiro atoms. The van der Waals surface area contributed by atoms with Crippen molar-refractivity contribution in [2.24, 2.45) is 0 Å². The molecular weight excluding hydrogens is 957 g/mol. The van der Waals surface area contributed by atoms with Crippen molar-refractivity contribution in [3.63, 3.8) is 0 Å². The largest absolute Gasteiger partial charge is 0.337 e. The molecule has 1 amide bonds. The van der Waals surface area contributed by atoms with Gasteiger partial charge in [-0.3, -0.25) is 39.8 Å². The van der Waals surface area contributed by atoms with Crippen molar-refractivity contribution < 1.29 is 4.79 Å². The van der Waals surface area contributed by atoms with Crippen LogP contribution in [-0.2, 0) is 6.54 Å². The van der Waals surface area contributed by atoms with E-state index in [0.717, 1.165) is 112 Å². The summed E-state index contributed by atoms with van der Waals surface area (Å²) < 4.78 is 0. The van der Waals surface area contributed by atoms with Gasteiger partial charge in [0.2, 0.25) is 0 Å². The van der Waals surface area contributed by atoms with Crippen LogP contribution >= 0.6 is 0 Å². The molecule has 5 N–H and O–H groups in total. The molecule has 0 unspecified atom stereocenters. The highest BCUT2D eigenvalue weighted by molar-refractivity contribution is 6.05. The van der Waals surface area contributed by atoms with Crippen molar-refractivity contribution in [1.29, 1.82) is 0 Å². The summed E-state index contributed by atoms with van der Waals surface area (Å²) in [4.78, 5) is 49.1. The van der Waals surface area contributed by atoms with Crippen LogP contribution in [0.4, 0.5) is 5.69 Å². The predicted octanol–water partition coefficient (Wildman–Crippen LogP) is 13.3. The third kappa shape index (κ3) is 9.93. The molecular formula is C62H52N14O. The van der Waals surface area contributed by atoms with Crippen molar-refractivity contribution in [3.8, 4) is 67.5 Å². The first-order valence-corrected chi connectivity index (χ1v) is 25.8. The van der Waals surface area contributed by atoms with Crippen LogP contribution < -0.4 is 5.32 Å². The van der Waals surface area contributed by atoms with Crippen LogP contribution in [0, 0.1) is 0 Å². The monoisotopic (exact) mass is 1010 g/mol. The second kappa shape index (κ2) is 21.5. The van der Waals surface area contributed by atoms with Gasteiger partial charge in [-0.05, 0) is 139 Å². The lowest BCUT2D eigenvalue weighted by molar-refractivity contribution is 0.102. The topological polar surface area (TPSA) is 199 Å². The first-order chi connectivity index (χ1) is 38.0. The quantitative estimate of drug-likeness (QED) is 0.0878. The number of fused-ring (bicyclic) bond motifs is 4. The number of rotatable bonds is 10. The molecule has 0 radical (unpaired) electrons. The first kappa shape index (κ1) is 48.0. The molecule has 1 aliphatic heterocycles. The molecule has 5 aromatic carbocycles. The van der Waals surface area contributed by atoms with E-state index >= 15 is 0 Å². The number of anilines is 1. The van der Waals surface area contributed by atoms with E-state index in [-0.39, 0.29) is 5.91 Å². The maximum atomic E-state index is 12.6. The number of H-pyrrole nitrogens is 4. The highest BCUT2D eigenvalue weighted by Crippen LogP contribution is 2.36. The molecule has 0 atom stereocenters. The minimum Gasteiger partial charge on any atom is -0.337 e. The molecule has 1 aliphatic rings. The van der Waals surface area contributed by atoms with Crippen LogP contribution in [0.1, 0.15) is 42.6 Å². The first-order valence-electron chi connectivity index (χ1n) is 25.8. The van der Waals surface area contributed by atoms with Gasteiger partial charge in [0.25, 0.3) is 5.91 Å². The average molecular weight is 1010 g/mol. The predicted molar refractivity (Wildman–Crippen MR) is 306 cm³/mol. The standard InChI is InChI=1S/C31H21N7O.C29H25N7.C2H6/c39-31(20-5-2-1-3-6-20)34-23-15-22(17-33-18-23)21-9-10-26-25(16-21)29(38-37-26)30-35-27-8-4-7-24(28(27)36-30)19-11-13-32-14-12-19;1-2-13-36(12-1)18-19-14-22(17-31-16-19)21-6-7-25-24(15-21)28(35-34-25)29-32-26-5-3-4-23(27(26)33-29)20-8-10-30-11-9-20;1-2/h1-18H,(H,34,39)(H,35,36)(H,37,38);3-11,14-17H,1-2,12-13,18H2,(H,32,33)(H,34,35);1-2H3. The molecule has 0 aliphatic carbocycles. The van der Waals surface area contributed by atoms with Crippen molar-refractivity contribution in [1.82, 2.24) is 65.2 Å². The van der Waals surface area contributed by atoms with Crippen LogP contribution in [0.5, 0.6) is 0 Å². The average Bonchev–Trinajstić information content (AvgIpc) is 4.39. The molecule has 1 saturated heterocycles. The number of aromatic nitrogens is 12. The van der Waals surface area contributed by atoms with Crippen LogP contribution in [-0.4, -0.2) is 84.2 Å². The lowest BCUT2D eigenvalue weighted by Gasteiger charge is -2.14. The molecule has 1 fully saturated rings. The molecule has 9 heterocycles. The van der Waals surface area contributed by atoms with Gasteiger partial charge < -0.3 is 15.3 Å². The second-order valence-electron chi connectivity index (χ2n) is 18.6. The fourth-order valence-electron chi connectivity index (χ4n) is 9.96. The number of nitrogens with zero attached hydrogens (tertiary/aromatic N) is 9. The summed E-state index contributed by atoms with van der Waals surface area (Å²) in [5.41, 5.74) is 17.9. The number of nitrogens with one attached hydrogen (secondary N) is 5.